The predicted octanol–water partition coefficient (Wildman–Crippen LogP) is -0.291. The number of carbonyl (C=O) groups is 1. The van der Waals surface area contributed by atoms with Gasteiger partial charge in [-0.05, 0) is 13.8 Å². The molecule has 0 aromatic heterocycles. The fraction of sp³-hybridized carbons (Fsp3) is 0.800. The van der Waals surface area contributed by atoms with E-state index >= 15 is 0 Å². The molecule has 0 heterocycles. The van der Waals surface area contributed by atoms with E-state index in [9.17, 15) is 4.79 Å². The van der Waals surface area contributed by atoms with E-state index in [1.165, 1.54) is 13.8 Å². The van der Waals surface area contributed by atoms with Crippen molar-refractivity contribution in [1.82, 2.24) is 0 Å². The molecule has 0 aliphatic heterocycles. The molecule has 0 atom stereocenters. The zero-order chi connectivity index (χ0) is 6.78. The summed E-state index contributed by atoms with van der Waals surface area (Å²) in [6, 6.07) is 0. The van der Waals surface area contributed by atoms with Crippen LogP contribution in [-0.4, -0.2) is 41.6 Å². The van der Waals surface area contributed by atoms with Crippen LogP contribution in [0, 0.1) is 5.41 Å². The molecule has 0 unspecified atom stereocenters. The van der Waals surface area contributed by atoms with Gasteiger partial charge in [0, 0.05) is 18.9 Å². The van der Waals surface area contributed by atoms with E-state index < -0.39 is 11.4 Å². The summed E-state index contributed by atoms with van der Waals surface area (Å²) in [4.78, 5) is 10.1. The molecule has 0 aromatic carbocycles. The average molecular weight is 125 g/mol. The van der Waals surface area contributed by atoms with E-state index in [0.29, 0.717) is 0 Å². The van der Waals surface area contributed by atoms with Gasteiger partial charge in [-0.2, -0.15) is 0 Å². The van der Waals surface area contributed by atoms with Crippen molar-refractivity contribution < 1.29 is 15.0 Å². The Kier molecular flexibility index (Phi) is 5.16. The monoisotopic (exact) mass is 125 g/mol. The topological polar surface area (TPSA) is 57.5 Å². The quantitative estimate of drug-likeness (QED) is 0.498. The van der Waals surface area contributed by atoms with Crippen LogP contribution in [0.25, 0.3) is 0 Å². The Morgan fingerprint density at radius 2 is 1.89 bits per heavy atom. The molecular formula is C5H10LiO3. The summed E-state index contributed by atoms with van der Waals surface area (Å²) >= 11 is 0. The SMILES string of the molecule is CC(C)(CO)C(=O)O.[Li]. The Balaban J connectivity index is 0. The normalized spacial score (nSPS) is 10.1. The number of aliphatic hydroxyl groups is 1. The molecule has 2 N–H and O–H groups in total. The first-order valence-corrected chi connectivity index (χ1v) is 2.35. The Morgan fingerprint density at radius 3 is 1.89 bits per heavy atom. The molecule has 0 saturated heterocycles. The van der Waals surface area contributed by atoms with Gasteiger partial charge in [0.2, 0.25) is 0 Å². The predicted molar refractivity (Wildman–Crippen MR) is 34.3 cm³/mol. The first kappa shape index (κ1) is 11.8. The summed E-state index contributed by atoms with van der Waals surface area (Å²) < 4.78 is 0. The van der Waals surface area contributed by atoms with E-state index in [4.69, 9.17) is 10.2 Å². The number of hydrogen-bond acceptors (Lipinski definition) is 2. The van der Waals surface area contributed by atoms with E-state index in [0.717, 1.165) is 0 Å². The van der Waals surface area contributed by atoms with E-state index in [1.807, 2.05) is 0 Å². The summed E-state index contributed by atoms with van der Waals surface area (Å²) in [6.07, 6.45) is 0. The molecule has 0 spiro atoms. The first-order chi connectivity index (χ1) is 3.50. The van der Waals surface area contributed by atoms with Crippen molar-refractivity contribution in [1.29, 1.82) is 0 Å². The van der Waals surface area contributed by atoms with Crippen LogP contribution in [0.3, 0.4) is 0 Å². The first-order valence-electron chi connectivity index (χ1n) is 2.35. The second kappa shape index (κ2) is 3.94. The molecule has 9 heavy (non-hydrogen) atoms. The van der Waals surface area contributed by atoms with Gasteiger partial charge in [0.1, 0.15) is 0 Å². The van der Waals surface area contributed by atoms with Crippen molar-refractivity contribution in [3.8, 4) is 0 Å². The van der Waals surface area contributed by atoms with Crippen LogP contribution in [-0.2, 0) is 4.79 Å². The second-order valence-electron chi connectivity index (χ2n) is 2.35. The summed E-state index contributed by atoms with van der Waals surface area (Å²) in [5.74, 6) is -0.972. The largest absolute Gasteiger partial charge is 0.481 e. The maximum Gasteiger partial charge on any atom is 0.311 e. The van der Waals surface area contributed by atoms with Crippen molar-refractivity contribution in [3.63, 3.8) is 0 Å². The van der Waals surface area contributed by atoms with Gasteiger partial charge < -0.3 is 10.2 Å². The van der Waals surface area contributed by atoms with E-state index in [1.54, 1.807) is 0 Å². The fourth-order valence-electron chi connectivity index (χ4n) is 0.0676. The molecule has 0 saturated carbocycles. The molecule has 0 aliphatic rings. The summed E-state index contributed by atoms with van der Waals surface area (Å²) in [7, 11) is 0. The number of hydrogen-bond donors (Lipinski definition) is 2. The summed E-state index contributed by atoms with van der Waals surface area (Å²) in [6.45, 7) is 2.62. The van der Waals surface area contributed by atoms with E-state index in [-0.39, 0.29) is 25.5 Å². The van der Waals surface area contributed by atoms with Crippen LogP contribution in [0.5, 0.6) is 0 Å². The minimum absolute atomic E-state index is 0. The molecule has 0 aliphatic carbocycles. The number of aliphatic hydroxyl groups excluding tert-OH is 1. The standard InChI is InChI=1S/C5H10O3.Li/c1-5(2,3-6)4(7)8;/h6H,3H2,1-2H3,(H,7,8);. The maximum atomic E-state index is 10.1. The van der Waals surface area contributed by atoms with Gasteiger partial charge in [0.25, 0.3) is 0 Å². The molecule has 0 bridgehead atoms. The minimum atomic E-state index is -0.986. The van der Waals surface area contributed by atoms with Crippen molar-refractivity contribution in [3.05, 3.63) is 0 Å². The zero-order valence-electron chi connectivity index (χ0n) is 6.01. The third kappa shape index (κ3) is 3.58. The number of aliphatic carboxylic acids is 1. The zero-order valence-corrected chi connectivity index (χ0v) is 6.01. The van der Waals surface area contributed by atoms with Gasteiger partial charge in [-0.1, -0.05) is 0 Å². The number of carboxylic acid groups (broad SMARTS) is 1. The minimum Gasteiger partial charge on any atom is -0.481 e. The molecule has 3 nitrogen and oxygen atoms in total. The third-order valence-electron chi connectivity index (χ3n) is 0.974. The fourth-order valence-corrected chi connectivity index (χ4v) is 0.0676. The Morgan fingerprint density at radius 1 is 1.56 bits per heavy atom. The molecule has 0 amide bonds. The van der Waals surface area contributed by atoms with Crippen LogP contribution < -0.4 is 0 Å². The van der Waals surface area contributed by atoms with Crippen molar-refractivity contribution in [2.24, 2.45) is 5.41 Å². The van der Waals surface area contributed by atoms with Crippen molar-refractivity contribution >= 4 is 24.8 Å². The van der Waals surface area contributed by atoms with Crippen LogP contribution in [0.1, 0.15) is 13.8 Å². The molecule has 1 radical (unpaired) electrons. The Bertz CT molecular complexity index is 100. The second-order valence-corrected chi connectivity index (χ2v) is 2.35. The number of rotatable bonds is 2. The Hall–Kier alpha value is 0.0274. The molecule has 49 valence electrons. The molecule has 0 fully saturated rings. The van der Waals surface area contributed by atoms with Crippen LogP contribution in [0.2, 0.25) is 0 Å². The van der Waals surface area contributed by atoms with Gasteiger partial charge in [0.05, 0.1) is 12.0 Å². The Labute approximate surface area is 66.2 Å². The number of carboxylic acids is 1. The van der Waals surface area contributed by atoms with Crippen LogP contribution in [0.4, 0.5) is 0 Å². The van der Waals surface area contributed by atoms with Crippen molar-refractivity contribution in [2.75, 3.05) is 6.61 Å². The van der Waals surface area contributed by atoms with E-state index in [2.05, 4.69) is 0 Å². The average Bonchev–Trinajstić information content (AvgIpc) is 1.67. The van der Waals surface area contributed by atoms with Crippen molar-refractivity contribution in [2.45, 2.75) is 13.8 Å². The molecular weight excluding hydrogens is 115 g/mol. The summed E-state index contributed by atoms with van der Waals surface area (Å²) in [5, 5.41) is 16.7. The van der Waals surface area contributed by atoms with Crippen LogP contribution in [0.15, 0.2) is 0 Å². The smallest absolute Gasteiger partial charge is 0.311 e. The van der Waals surface area contributed by atoms with Gasteiger partial charge >= 0.3 is 5.97 Å². The van der Waals surface area contributed by atoms with Gasteiger partial charge in [-0.3, -0.25) is 4.79 Å². The summed E-state index contributed by atoms with van der Waals surface area (Å²) in [5.41, 5.74) is -0.986. The van der Waals surface area contributed by atoms with Gasteiger partial charge in [-0.25, -0.2) is 0 Å². The molecule has 4 heteroatoms. The van der Waals surface area contributed by atoms with Gasteiger partial charge in [-0.15, -0.1) is 0 Å². The molecule has 0 rings (SSSR count). The molecule has 0 aromatic rings. The van der Waals surface area contributed by atoms with Gasteiger partial charge in [0.15, 0.2) is 0 Å². The third-order valence-corrected chi connectivity index (χ3v) is 0.974. The van der Waals surface area contributed by atoms with Crippen LogP contribution >= 0.6 is 0 Å². The maximum absolute atomic E-state index is 10.1.